The van der Waals surface area contributed by atoms with E-state index in [1.54, 1.807) is 36.2 Å². The second kappa shape index (κ2) is 7.40. The highest BCUT2D eigenvalue weighted by Gasteiger charge is 2.18. The first kappa shape index (κ1) is 19.2. The number of carbonyl (C=O) groups is 2. The van der Waals surface area contributed by atoms with Crippen LogP contribution in [0.1, 0.15) is 43.6 Å². The van der Waals surface area contributed by atoms with Crippen molar-refractivity contribution in [2.24, 2.45) is 0 Å². The summed E-state index contributed by atoms with van der Waals surface area (Å²) in [5.41, 5.74) is 3.21. The highest BCUT2D eigenvalue weighted by Crippen LogP contribution is 2.30. The zero-order valence-corrected chi connectivity index (χ0v) is 16.8. The lowest BCUT2D eigenvalue weighted by molar-refractivity contribution is -0.116. The van der Waals surface area contributed by atoms with E-state index in [9.17, 15) is 9.59 Å². The number of hydrogen-bond acceptors (Lipinski definition) is 2. The van der Waals surface area contributed by atoms with E-state index >= 15 is 0 Å². The topological polar surface area (TPSA) is 49.4 Å². The summed E-state index contributed by atoms with van der Waals surface area (Å²) < 4.78 is 0.922. The van der Waals surface area contributed by atoms with Crippen LogP contribution in [0.25, 0.3) is 0 Å². The lowest BCUT2D eigenvalue weighted by Gasteiger charge is -2.21. The minimum Gasteiger partial charge on any atom is -0.322 e. The van der Waals surface area contributed by atoms with Gasteiger partial charge in [0, 0.05) is 35.4 Å². The Kier molecular flexibility index (Phi) is 5.68. The van der Waals surface area contributed by atoms with E-state index in [4.69, 9.17) is 0 Å². The van der Waals surface area contributed by atoms with Gasteiger partial charge in [0.2, 0.25) is 5.91 Å². The standard InChI is InChI=1S/C20H23BrN2O2/c1-13(24)23(5)16-9-7-15(8-10-16)22-19(25)14-6-11-17(18(21)12-14)20(2,3)4/h6-12H,1-5H3,(H,22,25). The molecule has 0 spiro atoms. The second-order valence-electron chi connectivity index (χ2n) is 7.02. The Morgan fingerprint density at radius 2 is 1.64 bits per heavy atom. The Labute approximate surface area is 157 Å². The SMILES string of the molecule is CC(=O)N(C)c1ccc(NC(=O)c2ccc(C(C)(C)C)c(Br)c2)cc1. The maximum atomic E-state index is 12.5. The highest BCUT2D eigenvalue weighted by atomic mass is 79.9. The van der Waals surface area contributed by atoms with Crippen LogP contribution in [0.2, 0.25) is 0 Å². The molecule has 0 heterocycles. The van der Waals surface area contributed by atoms with E-state index in [1.165, 1.54) is 6.92 Å². The van der Waals surface area contributed by atoms with E-state index in [-0.39, 0.29) is 17.2 Å². The van der Waals surface area contributed by atoms with Crippen LogP contribution in [-0.4, -0.2) is 18.9 Å². The van der Waals surface area contributed by atoms with Gasteiger partial charge in [0.15, 0.2) is 0 Å². The van der Waals surface area contributed by atoms with Crippen LogP contribution in [0, 0.1) is 0 Å². The van der Waals surface area contributed by atoms with Crippen molar-refractivity contribution in [2.75, 3.05) is 17.3 Å². The number of anilines is 2. The quantitative estimate of drug-likeness (QED) is 0.786. The normalized spacial score (nSPS) is 11.1. The fraction of sp³-hybridized carbons (Fsp3) is 0.300. The van der Waals surface area contributed by atoms with Crippen LogP contribution in [0.15, 0.2) is 46.9 Å². The van der Waals surface area contributed by atoms with Crippen molar-refractivity contribution in [2.45, 2.75) is 33.1 Å². The summed E-state index contributed by atoms with van der Waals surface area (Å²) in [5.74, 6) is -0.214. The molecule has 0 fully saturated rings. The molecule has 2 amide bonds. The van der Waals surface area contributed by atoms with Crippen molar-refractivity contribution in [1.29, 1.82) is 0 Å². The van der Waals surface area contributed by atoms with Crippen LogP contribution in [0.4, 0.5) is 11.4 Å². The second-order valence-corrected chi connectivity index (χ2v) is 7.88. The molecule has 0 atom stereocenters. The monoisotopic (exact) mass is 402 g/mol. The molecule has 1 N–H and O–H groups in total. The van der Waals surface area contributed by atoms with E-state index in [1.807, 2.05) is 18.2 Å². The summed E-state index contributed by atoms with van der Waals surface area (Å²) in [6, 6.07) is 12.8. The van der Waals surface area contributed by atoms with Gasteiger partial charge >= 0.3 is 0 Å². The third-order valence-electron chi connectivity index (χ3n) is 4.02. The number of halogens is 1. The molecular weight excluding hydrogens is 380 g/mol. The molecule has 0 saturated carbocycles. The van der Waals surface area contributed by atoms with Crippen LogP contribution >= 0.6 is 15.9 Å². The summed E-state index contributed by atoms with van der Waals surface area (Å²) in [5, 5.41) is 2.88. The van der Waals surface area contributed by atoms with Crippen molar-refractivity contribution < 1.29 is 9.59 Å². The molecule has 0 aromatic heterocycles. The molecular formula is C20H23BrN2O2. The summed E-state index contributed by atoms with van der Waals surface area (Å²) in [4.78, 5) is 25.4. The molecule has 0 bridgehead atoms. The lowest BCUT2D eigenvalue weighted by atomic mass is 9.86. The predicted octanol–water partition coefficient (Wildman–Crippen LogP) is 4.98. The van der Waals surface area contributed by atoms with Gasteiger partial charge in [-0.1, -0.05) is 42.8 Å². The summed E-state index contributed by atoms with van der Waals surface area (Å²) in [6.45, 7) is 7.90. The fourth-order valence-corrected chi connectivity index (χ4v) is 3.39. The van der Waals surface area contributed by atoms with Crippen molar-refractivity contribution in [3.05, 3.63) is 58.1 Å². The first-order valence-corrected chi connectivity index (χ1v) is 8.84. The molecule has 0 aliphatic rings. The molecule has 2 aromatic rings. The first-order chi connectivity index (χ1) is 11.6. The number of nitrogens with zero attached hydrogens (tertiary/aromatic N) is 1. The molecule has 0 aliphatic carbocycles. The molecule has 0 radical (unpaired) electrons. The Morgan fingerprint density at radius 3 is 2.12 bits per heavy atom. The van der Waals surface area contributed by atoms with Gasteiger partial charge in [0.25, 0.3) is 5.91 Å². The Bertz CT molecular complexity index is 792. The van der Waals surface area contributed by atoms with E-state index in [0.29, 0.717) is 11.3 Å². The number of benzene rings is 2. The molecule has 0 saturated heterocycles. The van der Waals surface area contributed by atoms with Gasteiger partial charge in [-0.25, -0.2) is 0 Å². The Morgan fingerprint density at radius 1 is 1.04 bits per heavy atom. The molecule has 2 rings (SSSR count). The van der Waals surface area contributed by atoms with Crippen molar-refractivity contribution >= 4 is 39.1 Å². The number of hydrogen-bond donors (Lipinski definition) is 1. The summed E-state index contributed by atoms with van der Waals surface area (Å²) in [6.07, 6.45) is 0. The summed E-state index contributed by atoms with van der Waals surface area (Å²) in [7, 11) is 1.71. The predicted molar refractivity (Wildman–Crippen MR) is 106 cm³/mol. The van der Waals surface area contributed by atoms with Gasteiger partial charge < -0.3 is 10.2 Å². The van der Waals surface area contributed by atoms with E-state index in [2.05, 4.69) is 42.0 Å². The largest absolute Gasteiger partial charge is 0.322 e. The van der Waals surface area contributed by atoms with Crippen LogP contribution < -0.4 is 10.2 Å². The molecule has 0 aliphatic heterocycles. The highest BCUT2D eigenvalue weighted by molar-refractivity contribution is 9.10. The molecule has 4 nitrogen and oxygen atoms in total. The van der Waals surface area contributed by atoms with Crippen molar-refractivity contribution in [1.82, 2.24) is 0 Å². The third-order valence-corrected chi connectivity index (χ3v) is 4.68. The van der Waals surface area contributed by atoms with Gasteiger partial charge in [-0.15, -0.1) is 0 Å². The Balaban J connectivity index is 2.15. The van der Waals surface area contributed by atoms with Gasteiger partial charge in [0.1, 0.15) is 0 Å². The smallest absolute Gasteiger partial charge is 0.255 e. The van der Waals surface area contributed by atoms with Gasteiger partial charge in [-0.05, 0) is 47.4 Å². The zero-order chi connectivity index (χ0) is 18.8. The number of carbonyl (C=O) groups excluding carboxylic acids is 2. The number of amides is 2. The van der Waals surface area contributed by atoms with Crippen LogP contribution in [-0.2, 0) is 10.2 Å². The van der Waals surface area contributed by atoms with Crippen LogP contribution in [0.3, 0.4) is 0 Å². The number of rotatable bonds is 3. The summed E-state index contributed by atoms with van der Waals surface area (Å²) >= 11 is 3.56. The van der Waals surface area contributed by atoms with Crippen molar-refractivity contribution in [3.8, 4) is 0 Å². The minimum atomic E-state index is -0.172. The average Bonchev–Trinajstić information content (AvgIpc) is 2.53. The zero-order valence-electron chi connectivity index (χ0n) is 15.2. The number of nitrogens with one attached hydrogen (secondary N) is 1. The van der Waals surface area contributed by atoms with Crippen molar-refractivity contribution in [3.63, 3.8) is 0 Å². The average molecular weight is 403 g/mol. The van der Waals surface area contributed by atoms with Crippen LogP contribution in [0.5, 0.6) is 0 Å². The van der Waals surface area contributed by atoms with Gasteiger partial charge in [-0.3, -0.25) is 9.59 Å². The first-order valence-electron chi connectivity index (χ1n) is 8.05. The maximum Gasteiger partial charge on any atom is 0.255 e. The molecule has 2 aromatic carbocycles. The van der Waals surface area contributed by atoms with Gasteiger partial charge in [0.05, 0.1) is 0 Å². The molecule has 25 heavy (non-hydrogen) atoms. The molecule has 0 unspecified atom stereocenters. The van der Waals surface area contributed by atoms with Gasteiger partial charge in [-0.2, -0.15) is 0 Å². The van der Waals surface area contributed by atoms with E-state index < -0.39 is 0 Å². The third kappa shape index (κ3) is 4.69. The fourth-order valence-electron chi connectivity index (χ4n) is 2.42. The molecule has 5 heteroatoms. The minimum absolute atomic E-state index is 0.00636. The Hall–Kier alpha value is -2.14. The lowest BCUT2D eigenvalue weighted by Crippen LogP contribution is -2.22. The maximum absolute atomic E-state index is 12.5. The van der Waals surface area contributed by atoms with E-state index in [0.717, 1.165) is 15.7 Å². The molecule has 132 valence electrons.